The van der Waals surface area contributed by atoms with Gasteiger partial charge in [0.15, 0.2) is 0 Å². The summed E-state index contributed by atoms with van der Waals surface area (Å²) < 4.78 is 4.97. The molecule has 0 aliphatic rings. The van der Waals surface area contributed by atoms with Crippen LogP contribution in [0.3, 0.4) is 0 Å². The van der Waals surface area contributed by atoms with Gasteiger partial charge in [0.05, 0.1) is 19.0 Å². The van der Waals surface area contributed by atoms with Crippen molar-refractivity contribution in [2.45, 2.75) is 0 Å². The average molecular weight is 267 g/mol. The summed E-state index contributed by atoms with van der Waals surface area (Å²) in [6.07, 6.45) is 3.41. The van der Waals surface area contributed by atoms with E-state index in [9.17, 15) is 4.79 Å². The first-order chi connectivity index (χ1) is 9.76. The maximum Gasteiger partial charge on any atom is 0.255 e. The monoisotopic (exact) mass is 267 g/mol. The molecule has 3 aromatic rings. The number of hydrogen-bond donors (Lipinski definition) is 2. The summed E-state index contributed by atoms with van der Waals surface area (Å²) in [6, 6.07) is 10.9. The molecule has 5 heteroatoms. The molecule has 2 N–H and O–H groups in total. The number of aromatic nitrogens is 2. The molecule has 0 atom stereocenters. The SMILES string of the molecule is COc1ccc(NC(=O)c2ccc3[nH]ccc3c2)cn1. The number of methoxy groups -OCH3 is 1. The first-order valence-electron chi connectivity index (χ1n) is 6.15. The highest BCUT2D eigenvalue weighted by Gasteiger charge is 2.07. The Morgan fingerprint density at radius 2 is 2.15 bits per heavy atom. The number of ether oxygens (including phenoxy) is 1. The molecule has 0 unspecified atom stereocenters. The molecule has 3 rings (SSSR count). The highest BCUT2D eigenvalue weighted by atomic mass is 16.5. The van der Waals surface area contributed by atoms with Crippen LogP contribution in [0.1, 0.15) is 10.4 Å². The van der Waals surface area contributed by atoms with Gasteiger partial charge in [0.2, 0.25) is 5.88 Å². The number of amides is 1. The lowest BCUT2D eigenvalue weighted by Crippen LogP contribution is -2.11. The number of pyridine rings is 1. The highest BCUT2D eigenvalue weighted by molar-refractivity contribution is 6.06. The van der Waals surface area contributed by atoms with Gasteiger partial charge in [-0.3, -0.25) is 4.79 Å². The van der Waals surface area contributed by atoms with Gasteiger partial charge in [-0.2, -0.15) is 0 Å². The smallest absolute Gasteiger partial charge is 0.255 e. The maximum atomic E-state index is 12.2. The van der Waals surface area contributed by atoms with E-state index in [0.717, 1.165) is 10.9 Å². The van der Waals surface area contributed by atoms with E-state index in [2.05, 4.69) is 15.3 Å². The molecule has 0 saturated heterocycles. The fourth-order valence-corrected chi connectivity index (χ4v) is 1.97. The van der Waals surface area contributed by atoms with E-state index in [-0.39, 0.29) is 5.91 Å². The minimum atomic E-state index is -0.167. The summed E-state index contributed by atoms with van der Waals surface area (Å²) >= 11 is 0. The van der Waals surface area contributed by atoms with Gasteiger partial charge in [0, 0.05) is 28.7 Å². The van der Waals surface area contributed by atoms with Crippen LogP contribution in [0.5, 0.6) is 5.88 Å². The van der Waals surface area contributed by atoms with Crippen molar-refractivity contribution in [2.75, 3.05) is 12.4 Å². The van der Waals surface area contributed by atoms with Crippen molar-refractivity contribution in [3.63, 3.8) is 0 Å². The Kier molecular flexibility index (Phi) is 3.09. The van der Waals surface area contributed by atoms with Crippen molar-refractivity contribution in [3.05, 3.63) is 54.4 Å². The van der Waals surface area contributed by atoms with Gasteiger partial charge in [-0.15, -0.1) is 0 Å². The molecule has 0 fully saturated rings. The summed E-state index contributed by atoms with van der Waals surface area (Å²) in [5.41, 5.74) is 2.24. The molecular formula is C15H13N3O2. The maximum absolute atomic E-state index is 12.2. The molecule has 0 radical (unpaired) electrons. The molecule has 1 aromatic carbocycles. The van der Waals surface area contributed by atoms with E-state index < -0.39 is 0 Å². The molecule has 20 heavy (non-hydrogen) atoms. The van der Waals surface area contributed by atoms with Crippen molar-refractivity contribution in [2.24, 2.45) is 0 Å². The zero-order valence-corrected chi connectivity index (χ0v) is 10.9. The number of H-pyrrole nitrogens is 1. The van der Waals surface area contributed by atoms with E-state index in [1.165, 1.54) is 0 Å². The number of hydrogen-bond acceptors (Lipinski definition) is 3. The number of carbonyl (C=O) groups is 1. The lowest BCUT2D eigenvalue weighted by Gasteiger charge is -2.06. The van der Waals surface area contributed by atoms with Crippen LogP contribution >= 0.6 is 0 Å². The lowest BCUT2D eigenvalue weighted by atomic mass is 10.1. The summed E-state index contributed by atoms with van der Waals surface area (Å²) in [5.74, 6) is 0.344. The van der Waals surface area contributed by atoms with Crippen LogP contribution in [0.25, 0.3) is 10.9 Å². The third-order valence-corrected chi connectivity index (χ3v) is 3.02. The van der Waals surface area contributed by atoms with Gasteiger partial charge in [-0.05, 0) is 30.3 Å². The van der Waals surface area contributed by atoms with Gasteiger partial charge in [0.25, 0.3) is 5.91 Å². The van der Waals surface area contributed by atoms with Crippen LogP contribution in [0, 0.1) is 0 Å². The molecule has 0 aliphatic heterocycles. The highest BCUT2D eigenvalue weighted by Crippen LogP contribution is 2.16. The van der Waals surface area contributed by atoms with Crippen molar-refractivity contribution < 1.29 is 9.53 Å². The van der Waals surface area contributed by atoms with Crippen molar-refractivity contribution >= 4 is 22.5 Å². The van der Waals surface area contributed by atoms with Crippen molar-refractivity contribution in [1.82, 2.24) is 9.97 Å². The van der Waals surface area contributed by atoms with Crippen LogP contribution < -0.4 is 10.1 Å². The number of benzene rings is 1. The topological polar surface area (TPSA) is 67.0 Å². The van der Waals surface area contributed by atoms with Crippen LogP contribution in [0.2, 0.25) is 0 Å². The second-order valence-electron chi connectivity index (χ2n) is 4.32. The summed E-state index contributed by atoms with van der Waals surface area (Å²) in [6.45, 7) is 0. The van der Waals surface area contributed by atoms with Gasteiger partial charge in [-0.25, -0.2) is 4.98 Å². The van der Waals surface area contributed by atoms with Crippen LogP contribution in [-0.4, -0.2) is 23.0 Å². The van der Waals surface area contributed by atoms with Crippen LogP contribution in [0.15, 0.2) is 48.8 Å². The molecule has 0 bridgehead atoms. The first-order valence-corrected chi connectivity index (χ1v) is 6.15. The predicted octanol–water partition coefficient (Wildman–Crippen LogP) is 2.82. The van der Waals surface area contributed by atoms with Gasteiger partial charge in [-0.1, -0.05) is 0 Å². The molecular weight excluding hydrogens is 254 g/mol. The van der Waals surface area contributed by atoms with Crippen molar-refractivity contribution in [3.8, 4) is 5.88 Å². The number of carbonyl (C=O) groups excluding carboxylic acids is 1. The van der Waals surface area contributed by atoms with E-state index in [1.807, 2.05) is 24.4 Å². The predicted molar refractivity (Wildman–Crippen MR) is 77.0 cm³/mol. The molecule has 2 heterocycles. The first kappa shape index (κ1) is 12.2. The fourth-order valence-electron chi connectivity index (χ4n) is 1.97. The number of anilines is 1. The summed E-state index contributed by atoms with van der Waals surface area (Å²) in [7, 11) is 1.55. The zero-order valence-electron chi connectivity index (χ0n) is 10.9. The zero-order chi connectivity index (χ0) is 13.9. The molecule has 0 saturated carbocycles. The van der Waals surface area contributed by atoms with E-state index in [1.54, 1.807) is 31.5 Å². The van der Waals surface area contributed by atoms with Gasteiger partial charge in [0.1, 0.15) is 0 Å². The van der Waals surface area contributed by atoms with Gasteiger partial charge >= 0.3 is 0 Å². The minimum Gasteiger partial charge on any atom is -0.481 e. The second kappa shape index (κ2) is 5.05. The number of nitrogens with one attached hydrogen (secondary N) is 2. The fraction of sp³-hybridized carbons (Fsp3) is 0.0667. The molecule has 100 valence electrons. The number of rotatable bonds is 3. The third-order valence-electron chi connectivity index (χ3n) is 3.02. The second-order valence-corrected chi connectivity index (χ2v) is 4.32. The summed E-state index contributed by atoms with van der Waals surface area (Å²) in [4.78, 5) is 19.3. The largest absolute Gasteiger partial charge is 0.481 e. The molecule has 5 nitrogen and oxygen atoms in total. The third kappa shape index (κ3) is 2.33. The molecule has 0 spiro atoms. The van der Waals surface area contributed by atoms with Crippen LogP contribution in [-0.2, 0) is 0 Å². The lowest BCUT2D eigenvalue weighted by molar-refractivity contribution is 0.102. The standard InChI is InChI=1S/C15H13N3O2/c1-20-14-5-3-12(9-17-14)18-15(19)11-2-4-13-10(8-11)6-7-16-13/h2-9,16H,1H3,(H,18,19). The quantitative estimate of drug-likeness (QED) is 0.766. The van der Waals surface area contributed by atoms with E-state index in [4.69, 9.17) is 4.74 Å². The summed E-state index contributed by atoms with van der Waals surface area (Å²) in [5, 5.41) is 3.80. The number of aromatic amines is 1. The normalized spacial score (nSPS) is 10.4. The Bertz CT molecular complexity index is 747. The van der Waals surface area contributed by atoms with E-state index >= 15 is 0 Å². The Morgan fingerprint density at radius 1 is 1.25 bits per heavy atom. The number of fused-ring (bicyclic) bond motifs is 1. The molecule has 1 amide bonds. The Labute approximate surface area is 115 Å². The Morgan fingerprint density at radius 3 is 2.90 bits per heavy atom. The number of nitrogens with zero attached hydrogens (tertiary/aromatic N) is 1. The Balaban J connectivity index is 1.80. The molecule has 2 aromatic heterocycles. The molecule has 0 aliphatic carbocycles. The van der Waals surface area contributed by atoms with Crippen molar-refractivity contribution in [1.29, 1.82) is 0 Å². The van der Waals surface area contributed by atoms with E-state index in [0.29, 0.717) is 17.1 Å². The van der Waals surface area contributed by atoms with Crippen LogP contribution in [0.4, 0.5) is 5.69 Å². The Hall–Kier alpha value is -2.82. The van der Waals surface area contributed by atoms with Gasteiger partial charge < -0.3 is 15.0 Å². The minimum absolute atomic E-state index is 0.167. The average Bonchev–Trinajstić information content (AvgIpc) is 2.95.